The van der Waals surface area contributed by atoms with Gasteiger partial charge >= 0.3 is 0 Å². The number of rotatable bonds is 4. The van der Waals surface area contributed by atoms with Crippen molar-refractivity contribution in [1.82, 2.24) is 5.32 Å². The van der Waals surface area contributed by atoms with Gasteiger partial charge in [-0.3, -0.25) is 0 Å². The number of halogens is 2. The van der Waals surface area contributed by atoms with Crippen LogP contribution in [-0.2, 0) is 6.42 Å². The van der Waals surface area contributed by atoms with Gasteiger partial charge in [0.25, 0.3) is 0 Å². The molecular formula is C15H15ClFN. The molecule has 2 aromatic rings. The van der Waals surface area contributed by atoms with Gasteiger partial charge in [0.15, 0.2) is 0 Å². The monoisotopic (exact) mass is 263 g/mol. The molecule has 0 aromatic heterocycles. The first-order valence-corrected chi connectivity index (χ1v) is 6.24. The first-order valence-electron chi connectivity index (χ1n) is 5.87. The number of likely N-dealkylation sites (N-methyl/N-ethyl adjacent to an activating group) is 1. The van der Waals surface area contributed by atoms with Crippen molar-refractivity contribution in [3.63, 3.8) is 0 Å². The maximum Gasteiger partial charge on any atom is 0.123 e. The lowest BCUT2D eigenvalue weighted by Crippen LogP contribution is -2.19. The fourth-order valence-electron chi connectivity index (χ4n) is 2.00. The molecule has 94 valence electrons. The minimum absolute atomic E-state index is 0.00981. The van der Waals surface area contributed by atoms with Crippen LogP contribution in [0.1, 0.15) is 17.2 Å². The van der Waals surface area contributed by atoms with E-state index in [9.17, 15) is 4.39 Å². The highest BCUT2D eigenvalue weighted by atomic mass is 35.5. The van der Waals surface area contributed by atoms with Crippen LogP contribution in [0.5, 0.6) is 0 Å². The Morgan fingerprint density at radius 3 is 2.56 bits per heavy atom. The van der Waals surface area contributed by atoms with E-state index in [4.69, 9.17) is 11.6 Å². The predicted octanol–water partition coefficient (Wildman–Crippen LogP) is 3.98. The van der Waals surface area contributed by atoms with E-state index in [2.05, 4.69) is 17.4 Å². The van der Waals surface area contributed by atoms with E-state index in [1.165, 1.54) is 17.7 Å². The second-order valence-corrected chi connectivity index (χ2v) is 4.60. The molecule has 0 spiro atoms. The maximum atomic E-state index is 13.3. The zero-order valence-corrected chi connectivity index (χ0v) is 10.9. The minimum atomic E-state index is -0.261. The van der Waals surface area contributed by atoms with Gasteiger partial charge in [0.1, 0.15) is 5.82 Å². The van der Waals surface area contributed by atoms with E-state index in [0.29, 0.717) is 5.02 Å². The standard InChI is InChI=1S/C15H15ClFN/c1-18-15(9-11-5-3-2-4-6-11)13-10-12(17)7-8-14(13)16/h2-8,10,15,18H,9H2,1H3. The molecule has 1 atom stereocenters. The van der Waals surface area contributed by atoms with Crippen molar-refractivity contribution in [3.05, 3.63) is 70.5 Å². The molecule has 0 radical (unpaired) electrons. The van der Waals surface area contributed by atoms with E-state index < -0.39 is 0 Å². The van der Waals surface area contributed by atoms with Crippen molar-refractivity contribution >= 4 is 11.6 Å². The summed E-state index contributed by atoms with van der Waals surface area (Å²) < 4.78 is 13.3. The lowest BCUT2D eigenvalue weighted by atomic mass is 9.99. The molecule has 1 unspecified atom stereocenters. The molecule has 0 saturated carbocycles. The highest BCUT2D eigenvalue weighted by Gasteiger charge is 2.14. The highest BCUT2D eigenvalue weighted by molar-refractivity contribution is 6.31. The molecule has 0 fully saturated rings. The fourth-order valence-corrected chi connectivity index (χ4v) is 2.25. The number of hydrogen-bond donors (Lipinski definition) is 1. The van der Waals surface area contributed by atoms with Crippen LogP contribution < -0.4 is 5.32 Å². The normalized spacial score (nSPS) is 12.4. The fraction of sp³-hybridized carbons (Fsp3) is 0.200. The Kier molecular flexibility index (Phi) is 4.34. The maximum absolute atomic E-state index is 13.3. The van der Waals surface area contributed by atoms with Crippen molar-refractivity contribution in [2.45, 2.75) is 12.5 Å². The molecule has 2 aromatic carbocycles. The SMILES string of the molecule is CNC(Cc1ccccc1)c1cc(F)ccc1Cl. The van der Waals surface area contributed by atoms with Gasteiger partial charge < -0.3 is 5.32 Å². The molecule has 0 aliphatic rings. The summed E-state index contributed by atoms with van der Waals surface area (Å²) in [6.07, 6.45) is 0.778. The zero-order chi connectivity index (χ0) is 13.0. The van der Waals surface area contributed by atoms with Crippen molar-refractivity contribution in [3.8, 4) is 0 Å². The topological polar surface area (TPSA) is 12.0 Å². The largest absolute Gasteiger partial charge is 0.313 e. The summed E-state index contributed by atoms with van der Waals surface area (Å²) >= 11 is 6.13. The Morgan fingerprint density at radius 1 is 1.17 bits per heavy atom. The molecule has 3 heteroatoms. The predicted molar refractivity (Wildman–Crippen MR) is 73.4 cm³/mol. The molecule has 0 bridgehead atoms. The van der Waals surface area contributed by atoms with Gasteiger partial charge in [-0.05, 0) is 42.8 Å². The Labute approximate surface area is 112 Å². The molecule has 2 rings (SSSR count). The van der Waals surface area contributed by atoms with Crippen LogP contribution in [-0.4, -0.2) is 7.05 Å². The Morgan fingerprint density at radius 2 is 1.89 bits per heavy atom. The van der Waals surface area contributed by atoms with Crippen LogP contribution >= 0.6 is 11.6 Å². The van der Waals surface area contributed by atoms with Gasteiger partial charge in [-0.2, -0.15) is 0 Å². The van der Waals surface area contributed by atoms with E-state index in [0.717, 1.165) is 12.0 Å². The highest BCUT2D eigenvalue weighted by Crippen LogP contribution is 2.26. The lowest BCUT2D eigenvalue weighted by Gasteiger charge is -2.18. The van der Waals surface area contributed by atoms with Crippen LogP contribution in [0.2, 0.25) is 5.02 Å². The van der Waals surface area contributed by atoms with Crippen molar-refractivity contribution in [1.29, 1.82) is 0 Å². The van der Waals surface area contributed by atoms with E-state index in [1.54, 1.807) is 6.07 Å². The first kappa shape index (κ1) is 13.1. The zero-order valence-electron chi connectivity index (χ0n) is 10.2. The molecule has 0 heterocycles. The van der Waals surface area contributed by atoms with Crippen molar-refractivity contribution < 1.29 is 4.39 Å². The molecule has 0 aliphatic carbocycles. The van der Waals surface area contributed by atoms with Crippen LogP contribution in [0.4, 0.5) is 4.39 Å². The Bertz CT molecular complexity index is 513. The molecule has 18 heavy (non-hydrogen) atoms. The van der Waals surface area contributed by atoms with Gasteiger partial charge in [-0.15, -0.1) is 0 Å². The number of benzene rings is 2. The summed E-state index contributed by atoms with van der Waals surface area (Å²) in [4.78, 5) is 0. The summed E-state index contributed by atoms with van der Waals surface area (Å²) in [5, 5.41) is 3.77. The summed E-state index contributed by atoms with van der Waals surface area (Å²) in [6.45, 7) is 0. The van der Waals surface area contributed by atoms with Crippen LogP contribution in [0, 0.1) is 5.82 Å². The van der Waals surface area contributed by atoms with Gasteiger partial charge in [-0.25, -0.2) is 4.39 Å². The summed E-state index contributed by atoms with van der Waals surface area (Å²) in [7, 11) is 1.86. The molecule has 1 N–H and O–H groups in total. The average Bonchev–Trinajstić information content (AvgIpc) is 2.40. The summed E-state index contributed by atoms with van der Waals surface area (Å²) in [5.41, 5.74) is 1.99. The third-order valence-electron chi connectivity index (χ3n) is 2.96. The van der Waals surface area contributed by atoms with Crippen LogP contribution in [0.25, 0.3) is 0 Å². The Balaban J connectivity index is 2.26. The minimum Gasteiger partial charge on any atom is -0.313 e. The smallest absolute Gasteiger partial charge is 0.123 e. The van der Waals surface area contributed by atoms with E-state index in [-0.39, 0.29) is 11.9 Å². The average molecular weight is 264 g/mol. The van der Waals surface area contributed by atoms with Gasteiger partial charge in [0.2, 0.25) is 0 Å². The van der Waals surface area contributed by atoms with E-state index in [1.807, 2.05) is 25.2 Å². The molecular weight excluding hydrogens is 249 g/mol. The second kappa shape index (κ2) is 5.98. The second-order valence-electron chi connectivity index (χ2n) is 4.20. The number of nitrogens with one attached hydrogen (secondary N) is 1. The summed E-state index contributed by atoms with van der Waals surface area (Å²) in [6, 6.07) is 14.6. The lowest BCUT2D eigenvalue weighted by molar-refractivity contribution is 0.577. The van der Waals surface area contributed by atoms with Crippen molar-refractivity contribution in [2.24, 2.45) is 0 Å². The van der Waals surface area contributed by atoms with Gasteiger partial charge in [0, 0.05) is 11.1 Å². The summed E-state index contributed by atoms with van der Waals surface area (Å²) in [5.74, 6) is -0.261. The third-order valence-corrected chi connectivity index (χ3v) is 3.31. The van der Waals surface area contributed by atoms with Crippen molar-refractivity contribution in [2.75, 3.05) is 7.05 Å². The molecule has 0 saturated heterocycles. The van der Waals surface area contributed by atoms with Gasteiger partial charge in [0.05, 0.1) is 0 Å². The molecule has 0 aliphatic heterocycles. The molecule has 1 nitrogen and oxygen atoms in total. The third kappa shape index (κ3) is 3.09. The quantitative estimate of drug-likeness (QED) is 0.880. The van der Waals surface area contributed by atoms with E-state index >= 15 is 0 Å². The molecule has 0 amide bonds. The van der Waals surface area contributed by atoms with Crippen LogP contribution in [0.3, 0.4) is 0 Å². The first-order chi connectivity index (χ1) is 8.70. The Hall–Kier alpha value is -1.38. The van der Waals surface area contributed by atoms with Gasteiger partial charge in [-0.1, -0.05) is 41.9 Å². The van der Waals surface area contributed by atoms with Crippen LogP contribution in [0.15, 0.2) is 48.5 Å². The number of hydrogen-bond acceptors (Lipinski definition) is 1.